The lowest BCUT2D eigenvalue weighted by Crippen LogP contribution is -2.17. The fraction of sp³-hybridized carbons (Fsp3) is 0.190. The number of carbonyl (C=O) groups excluding carboxylic acids is 1. The van der Waals surface area contributed by atoms with Gasteiger partial charge in [0.05, 0.1) is 0 Å². The van der Waals surface area contributed by atoms with Gasteiger partial charge in [-0.05, 0) is 48.7 Å². The van der Waals surface area contributed by atoms with Gasteiger partial charge in [0, 0.05) is 29.2 Å². The second-order valence-electron chi connectivity index (χ2n) is 6.21. The number of aromatic amines is 1. The van der Waals surface area contributed by atoms with Gasteiger partial charge < -0.3 is 10.3 Å². The second-order valence-corrected chi connectivity index (χ2v) is 6.21. The first-order valence-electron chi connectivity index (χ1n) is 8.66. The van der Waals surface area contributed by atoms with Crippen LogP contribution in [-0.4, -0.2) is 22.6 Å². The molecule has 0 aliphatic heterocycles. The highest BCUT2D eigenvalue weighted by Gasteiger charge is 2.07. The summed E-state index contributed by atoms with van der Waals surface area (Å²) in [5.41, 5.74) is 7.39. The molecule has 1 heterocycles. The largest absolute Gasteiger partial charge is 0.358 e. The molecule has 1 amide bonds. The van der Waals surface area contributed by atoms with Gasteiger partial charge in [-0.15, -0.1) is 0 Å². The van der Waals surface area contributed by atoms with Crippen LogP contribution in [0.3, 0.4) is 0 Å². The predicted octanol–water partition coefficient (Wildman–Crippen LogP) is 3.33. The molecule has 0 fully saturated rings. The molecule has 0 atom stereocenters. The monoisotopic (exact) mass is 349 g/mol. The van der Waals surface area contributed by atoms with E-state index in [0.717, 1.165) is 24.1 Å². The number of aryl methyl sites for hydroxylation is 1. The van der Waals surface area contributed by atoms with Crippen molar-refractivity contribution in [3.05, 3.63) is 77.0 Å². The summed E-state index contributed by atoms with van der Waals surface area (Å²) in [4.78, 5) is 14.6. The Kier molecular flexibility index (Phi) is 5.84. The Morgan fingerprint density at radius 3 is 2.77 bits per heavy atom. The predicted molar refractivity (Wildman–Crippen MR) is 104 cm³/mol. The van der Waals surface area contributed by atoms with Gasteiger partial charge in [-0.25, -0.2) is 5.48 Å². The van der Waals surface area contributed by atoms with Gasteiger partial charge in [-0.2, -0.15) is 0 Å². The summed E-state index contributed by atoms with van der Waals surface area (Å²) in [7, 11) is 0. The Morgan fingerprint density at radius 1 is 1.15 bits per heavy atom. The summed E-state index contributed by atoms with van der Waals surface area (Å²) in [6.07, 6.45) is 3.96. The number of aromatic nitrogens is 1. The van der Waals surface area contributed by atoms with E-state index in [2.05, 4.69) is 35.4 Å². The lowest BCUT2D eigenvalue weighted by Gasteiger charge is -2.08. The van der Waals surface area contributed by atoms with Gasteiger partial charge in [0.2, 0.25) is 0 Å². The van der Waals surface area contributed by atoms with Crippen LogP contribution in [0.5, 0.6) is 0 Å². The molecule has 4 N–H and O–H groups in total. The Balaban J connectivity index is 1.61. The third kappa shape index (κ3) is 4.20. The number of H-pyrrole nitrogens is 1. The van der Waals surface area contributed by atoms with E-state index in [4.69, 9.17) is 5.21 Å². The maximum absolute atomic E-state index is 11.2. The van der Waals surface area contributed by atoms with E-state index in [9.17, 15) is 4.79 Å². The standard InChI is InChI=1S/C21H23N3O2/c1-15-18(19-8-4-5-9-20(19)23-15)12-13-22-14-17-7-3-2-6-16(17)10-11-21(25)24-26/h2-11,22-23,26H,12-14H2,1H3,(H,24,25)/b11-10+. The van der Waals surface area contributed by atoms with Gasteiger partial charge in [-0.3, -0.25) is 10.0 Å². The van der Waals surface area contributed by atoms with Crippen LogP contribution >= 0.6 is 0 Å². The van der Waals surface area contributed by atoms with E-state index >= 15 is 0 Å². The fourth-order valence-corrected chi connectivity index (χ4v) is 3.15. The van der Waals surface area contributed by atoms with E-state index in [1.54, 1.807) is 11.6 Å². The van der Waals surface area contributed by atoms with Crippen molar-refractivity contribution in [2.45, 2.75) is 19.9 Å². The number of nitrogens with one attached hydrogen (secondary N) is 3. The van der Waals surface area contributed by atoms with E-state index in [0.29, 0.717) is 6.54 Å². The number of fused-ring (bicyclic) bond motifs is 1. The lowest BCUT2D eigenvalue weighted by atomic mass is 10.1. The average molecular weight is 349 g/mol. The summed E-state index contributed by atoms with van der Waals surface area (Å²) in [5.74, 6) is -0.539. The maximum atomic E-state index is 11.2. The zero-order valence-electron chi connectivity index (χ0n) is 14.8. The molecular formula is C21H23N3O2. The number of hydrogen-bond donors (Lipinski definition) is 4. The third-order valence-corrected chi connectivity index (χ3v) is 4.47. The summed E-state index contributed by atoms with van der Waals surface area (Å²) < 4.78 is 0. The maximum Gasteiger partial charge on any atom is 0.267 e. The minimum Gasteiger partial charge on any atom is -0.358 e. The van der Waals surface area contributed by atoms with Crippen LogP contribution in [0.25, 0.3) is 17.0 Å². The summed E-state index contributed by atoms with van der Waals surface area (Å²) in [5, 5.41) is 13.3. The van der Waals surface area contributed by atoms with Crippen molar-refractivity contribution in [2.75, 3.05) is 6.54 Å². The first kappa shape index (κ1) is 17.9. The van der Waals surface area contributed by atoms with Crippen LogP contribution in [0.4, 0.5) is 0 Å². The number of para-hydroxylation sites is 1. The van der Waals surface area contributed by atoms with Crippen LogP contribution in [0, 0.1) is 6.92 Å². The van der Waals surface area contributed by atoms with Crippen molar-refractivity contribution in [3.63, 3.8) is 0 Å². The van der Waals surface area contributed by atoms with E-state index in [1.807, 2.05) is 30.3 Å². The quantitative estimate of drug-likeness (QED) is 0.229. The first-order valence-corrected chi connectivity index (χ1v) is 8.66. The number of amides is 1. The molecule has 5 heteroatoms. The molecule has 3 rings (SSSR count). The van der Waals surface area contributed by atoms with Crippen molar-refractivity contribution < 1.29 is 10.0 Å². The summed E-state index contributed by atoms with van der Waals surface area (Å²) in [6, 6.07) is 16.2. The van der Waals surface area contributed by atoms with Gasteiger partial charge >= 0.3 is 0 Å². The molecule has 2 aromatic carbocycles. The van der Waals surface area contributed by atoms with Gasteiger partial charge in [-0.1, -0.05) is 42.5 Å². The highest BCUT2D eigenvalue weighted by atomic mass is 16.5. The highest BCUT2D eigenvalue weighted by Crippen LogP contribution is 2.22. The van der Waals surface area contributed by atoms with Crippen LogP contribution in [-0.2, 0) is 17.8 Å². The Labute approximate surface area is 152 Å². The van der Waals surface area contributed by atoms with Crippen molar-refractivity contribution >= 4 is 22.9 Å². The minimum absolute atomic E-state index is 0.539. The number of hydroxylamine groups is 1. The minimum atomic E-state index is -0.539. The average Bonchev–Trinajstić information content (AvgIpc) is 2.99. The zero-order chi connectivity index (χ0) is 18.4. The lowest BCUT2D eigenvalue weighted by molar-refractivity contribution is -0.124. The smallest absolute Gasteiger partial charge is 0.267 e. The number of rotatable bonds is 7. The van der Waals surface area contributed by atoms with Crippen LogP contribution in [0.15, 0.2) is 54.6 Å². The molecule has 3 aromatic rings. The zero-order valence-corrected chi connectivity index (χ0v) is 14.8. The molecule has 0 saturated heterocycles. The van der Waals surface area contributed by atoms with Gasteiger partial charge in [0.25, 0.3) is 5.91 Å². The van der Waals surface area contributed by atoms with Crippen LogP contribution in [0.2, 0.25) is 0 Å². The first-order chi connectivity index (χ1) is 12.7. The van der Waals surface area contributed by atoms with E-state index in [-0.39, 0.29) is 0 Å². The molecule has 0 aliphatic rings. The molecular weight excluding hydrogens is 326 g/mol. The molecule has 0 unspecified atom stereocenters. The topological polar surface area (TPSA) is 77.2 Å². The normalized spacial score (nSPS) is 11.3. The Bertz CT molecular complexity index is 928. The molecule has 0 bridgehead atoms. The van der Waals surface area contributed by atoms with E-state index < -0.39 is 5.91 Å². The molecule has 26 heavy (non-hydrogen) atoms. The Morgan fingerprint density at radius 2 is 1.92 bits per heavy atom. The molecule has 134 valence electrons. The Hall–Kier alpha value is -2.89. The van der Waals surface area contributed by atoms with Crippen LogP contribution in [0.1, 0.15) is 22.4 Å². The molecule has 5 nitrogen and oxygen atoms in total. The van der Waals surface area contributed by atoms with E-state index in [1.165, 1.54) is 28.2 Å². The number of carbonyl (C=O) groups is 1. The SMILES string of the molecule is Cc1[nH]c2ccccc2c1CCNCc1ccccc1/C=C/C(=O)NO. The van der Waals surface area contributed by atoms with Crippen molar-refractivity contribution in [1.29, 1.82) is 0 Å². The van der Waals surface area contributed by atoms with Crippen molar-refractivity contribution in [3.8, 4) is 0 Å². The highest BCUT2D eigenvalue weighted by molar-refractivity contribution is 5.91. The molecule has 1 aromatic heterocycles. The fourth-order valence-electron chi connectivity index (χ4n) is 3.15. The number of hydrogen-bond acceptors (Lipinski definition) is 3. The molecule has 0 spiro atoms. The molecule has 0 radical (unpaired) electrons. The number of benzene rings is 2. The third-order valence-electron chi connectivity index (χ3n) is 4.47. The van der Waals surface area contributed by atoms with Gasteiger partial charge in [0.1, 0.15) is 0 Å². The van der Waals surface area contributed by atoms with Crippen LogP contribution < -0.4 is 10.8 Å². The van der Waals surface area contributed by atoms with Crippen molar-refractivity contribution in [1.82, 2.24) is 15.8 Å². The summed E-state index contributed by atoms with van der Waals surface area (Å²) >= 11 is 0. The summed E-state index contributed by atoms with van der Waals surface area (Å²) in [6.45, 7) is 3.68. The second kappa shape index (κ2) is 8.47. The van der Waals surface area contributed by atoms with Gasteiger partial charge in [0.15, 0.2) is 0 Å². The molecule has 0 aliphatic carbocycles. The van der Waals surface area contributed by atoms with Crippen molar-refractivity contribution in [2.24, 2.45) is 0 Å². The molecule has 0 saturated carbocycles.